The van der Waals surface area contributed by atoms with Gasteiger partial charge in [-0.1, -0.05) is 44.4 Å². The van der Waals surface area contributed by atoms with Gasteiger partial charge in [0.2, 0.25) is 0 Å². The topological polar surface area (TPSA) is 138 Å². The Kier molecular flexibility index (Phi) is 13.3. The first kappa shape index (κ1) is 36.5. The van der Waals surface area contributed by atoms with E-state index in [0.717, 1.165) is 44.9 Å². The number of amides is 3. The highest BCUT2D eigenvalue weighted by Gasteiger charge is 2.31. The van der Waals surface area contributed by atoms with Crippen LogP contribution in [0.2, 0.25) is 0 Å². The molecule has 3 N–H and O–H groups in total. The van der Waals surface area contributed by atoms with E-state index < -0.39 is 22.0 Å². The molecule has 4 rings (SSSR count). The Morgan fingerprint density at radius 1 is 1.04 bits per heavy atom. The molecule has 1 heterocycles. The molecule has 1 saturated carbocycles. The van der Waals surface area contributed by atoms with Crippen molar-refractivity contribution >= 4 is 27.6 Å². The third kappa shape index (κ3) is 10.3. The van der Waals surface area contributed by atoms with Gasteiger partial charge in [0.1, 0.15) is 5.75 Å². The normalized spacial score (nSPS) is 22.7. The molecule has 0 unspecified atom stereocenters. The molecule has 1 aliphatic carbocycles. The minimum absolute atomic E-state index is 0.101. The lowest BCUT2D eigenvalue weighted by Crippen LogP contribution is -2.50. The quantitative estimate of drug-likeness (QED) is 0.348. The average Bonchev–Trinajstić information content (AvgIpc) is 3.06. The van der Waals surface area contributed by atoms with Crippen LogP contribution < -0.4 is 14.8 Å². The van der Waals surface area contributed by atoms with Gasteiger partial charge in [0.15, 0.2) is 0 Å². The lowest BCUT2D eigenvalue weighted by molar-refractivity contribution is -0.0123. The highest BCUT2D eigenvalue weighted by atomic mass is 32.2. The van der Waals surface area contributed by atoms with Crippen LogP contribution in [-0.4, -0.2) is 92.9 Å². The third-order valence-electron chi connectivity index (χ3n) is 9.09. The number of fused-ring (bicyclic) bond motifs is 1. The maximum absolute atomic E-state index is 14.3. The van der Waals surface area contributed by atoms with Crippen molar-refractivity contribution in [3.8, 4) is 5.75 Å². The number of urea groups is 1. The number of benzene rings is 2. The van der Waals surface area contributed by atoms with E-state index in [-0.39, 0.29) is 59.5 Å². The molecule has 2 aliphatic rings. The molecule has 0 spiro atoms. The molecule has 260 valence electrons. The summed E-state index contributed by atoms with van der Waals surface area (Å²) in [6.45, 7) is 6.49. The molecule has 0 aromatic heterocycles. The first-order valence-corrected chi connectivity index (χ1v) is 18.4. The standard InChI is InChI=1S/C35H52N4O7S/c1-25-22-39(26(2)24-40)34(41)31-21-29(37-47(43,44)30-16-9-6-10-17-30)18-19-32(31)46-27(3)13-11-12-20-45-33(25)23-38(4)35(42)36-28-14-7-5-8-15-28/h6,9-10,16-19,21,25-28,33,37,40H,5,7-8,11-15,20,22-24H2,1-4H3,(H,36,42)/t25-,26-,27-,33+/m0/s1. The van der Waals surface area contributed by atoms with Crippen molar-refractivity contribution in [3.63, 3.8) is 0 Å². The van der Waals surface area contributed by atoms with Crippen LogP contribution in [0, 0.1) is 5.92 Å². The Labute approximate surface area is 280 Å². The van der Waals surface area contributed by atoms with E-state index in [9.17, 15) is 23.1 Å². The van der Waals surface area contributed by atoms with E-state index in [0.29, 0.717) is 18.9 Å². The molecule has 11 nitrogen and oxygen atoms in total. The van der Waals surface area contributed by atoms with Crippen molar-refractivity contribution in [3.05, 3.63) is 54.1 Å². The molecular formula is C35H52N4O7S. The van der Waals surface area contributed by atoms with Gasteiger partial charge in [0, 0.05) is 44.4 Å². The number of carbonyl (C=O) groups is 2. The van der Waals surface area contributed by atoms with Crippen molar-refractivity contribution in [2.24, 2.45) is 5.92 Å². The van der Waals surface area contributed by atoms with Crippen molar-refractivity contribution in [2.45, 2.75) is 101 Å². The van der Waals surface area contributed by atoms with Crippen molar-refractivity contribution in [1.82, 2.24) is 15.1 Å². The van der Waals surface area contributed by atoms with Gasteiger partial charge in [0.25, 0.3) is 15.9 Å². The molecule has 0 radical (unpaired) electrons. The van der Waals surface area contributed by atoms with Crippen LogP contribution in [0.4, 0.5) is 10.5 Å². The summed E-state index contributed by atoms with van der Waals surface area (Å²) in [6, 6.07) is 12.2. The lowest BCUT2D eigenvalue weighted by Gasteiger charge is -2.36. The molecule has 2 aromatic carbocycles. The zero-order valence-corrected chi connectivity index (χ0v) is 29.0. The highest BCUT2D eigenvalue weighted by molar-refractivity contribution is 7.92. The first-order chi connectivity index (χ1) is 22.5. The fraction of sp³-hybridized carbons (Fsp3) is 0.600. The van der Waals surface area contributed by atoms with E-state index in [2.05, 4.69) is 10.0 Å². The van der Waals surface area contributed by atoms with Gasteiger partial charge in [-0.15, -0.1) is 0 Å². The number of rotatable bonds is 8. The molecule has 1 fully saturated rings. The molecule has 0 bridgehead atoms. The second kappa shape index (κ2) is 17.2. The molecule has 4 atom stereocenters. The van der Waals surface area contributed by atoms with Crippen LogP contribution in [0.25, 0.3) is 0 Å². The zero-order valence-electron chi connectivity index (χ0n) is 28.2. The molecular weight excluding hydrogens is 620 g/mol. The van der Waals surface area contributed by atoms with E-state index in [4.69, 9.17) is 9.47 Å². The van der Waals surface area contributed by atoms with E-state index in [1.807, 2.05) is 13.8 Å². The summed E-state index contributed by atoms with van der Waals surface area (Å²) in [4.78, 5) is 30.8. The Hall–Kier alpha value is -3.35. The summed E-state index contributed by atoms with van der Waals surface area (Å²) >= 11 is 0. The Balaban J connectivity index is 1.60. The number of hydrogen-bond acceptors (Lipinski definition) is 7. The number of aliphatic hydroxyl groups excluding tert-OH is 1. The van der Waals surface area contributed by atoms with Crippen LogP contribution in [0.1, 0.15) is 82.5 Å². The SMILES string of the molecule is C[C@H]1CCCCO[C@H](CN(C)C(=O)NC2CCCCC2)[C@@H](C)CN([C@@H](C)CO)C(=O)c2cc(NS(=O)(=O)c3ccccc3)ccc2O1. The van der Waals surface area contributed by atoms with Crippen LogP contribution in [0.15, 0.2) is 53.4 Å². The summed E-state index contributed by atoms with van der Waals surface area (Å²) < 4.78 is 41.4. The summed E-state index contributed by atoms with van der Waals surface area (Å²) in [5.41, 5.74) is 0.408. The maximum atomic E-state index is 14.3. The first-order valence-electron chi connectivity index (χ1n) is 16.9. The Morgan fingerprint density at radius 3 is 2.45 bits per heavy atom. The fourth-order valence-electron chi connectivity index (χ4n) is 6.15. The second-order valence-electron chi connectivity index (χ2n) is 13.1. The summed E-state index contributed by atoms with van der Waals surface area (Å²) in [6.07, 6.45) is 7.22. The Bertz CT molecular complexity index is 1420. The number of hydrogen-bond donors (Lipinski definition) is 3. The smallest absolute Gasteiger partial charge is 0.317 e. The predicted molar refractivity (Wildman–Crippen MR) is 182 cm³/mol. The van der Waals surface area contributed by atoms with Crippen molar-refractivity contribution in [1.29, 1.82) is 0 Å². The van der Waals surface area contributed by atoms with Crippen LogP contribution in [-0.2, 0) is 14.8 Å². The van der Waals surface area contributed by atoms with Crippen molar-refractivity contribution < 1.29 is 32.6 Å². The summed E-state index contributed by atoms with van der Waals surface area (Å²) in [7, 11) is -2.14. The van der Waals surface area contributed by atoms with Gasteiger partial charge >= 0.3 is 6.03 Å². The number of anilines is 1. The molecule has 12 heteroatoms. The van der Waals surface area contributed by atoms with Gasteiger partial charge in [0.05, 0.1) is 35.3 Å². The molecule has 3 amide bonds. The minimum Gasteiger partial charge on any atom is -0.490 e. The molecule has 2 aromatic rings. The van der Waals surface area contributed by atoms with E-state index in [1.165, 1.54) is 24.6 Å². The zero-order chi connectivity index (χ0) is 34.0. The predicted octanol–water partition coefficient (Wildman–Crippen LogP) is 5.26. The number of likely N-dealkylation sites (N-methyl/N-ethyl adjacent to an activating group) is 1. The molecule has 1 aliphatic heterocycles. The second-order valence-corrected chi connectivity index (χ2v) is 14.8. The fourth-order valence-corrected chi connectivity index (χ4v) is 7.22. The number of sulfonamides is 1. The van der Waals surface area contributed by atoms with Gasteiger partial charge in [-0.05, 0) is 76.3 Å². The van der Waals surface area contributed by atoms with Crippen LogP contribution in [0.5, 0.6) is 5.75 Å². The van der Waals surface area contributed by atoms with Gasteiger partial charge in [-0.2, -0.15) is 0 Å². The molecule has 0 saturated heterocycles. The highest BCUT2D eigenvalue weighted by Crippen LogP contribution is 2.29. The molecule has 47 heavy (non-hydrogen) atoms. The van der Waals surface area contributed by atoms with Crippen LogP contribution >= 0.6 is 0 Å². The summed E-state index contributed by atoms with van der Waals surface area (Å²) in [5.74, 6) is -0.263. The number of carbonyl (C=O) groups excluding carboxylic acids is 2. The van der Waals surface area contributed by atoms with E-state index >= 15 is 0 Å². The van der Waals surface area contributed by atoms with Gasteiger partial charge in [-0.25, -0.2) is 13.2 Å². The van der Waals surface area contributed by atoms with Crippen LogP contribution in [0.3, 0.4) is 0 Å². The number of nitrogens with zero attached hydrogens (tertiary/aromatic N) is 2. The largest absolute Gasteiger partial charge is 0.490 e. The van der Waals surface area contributed by atoms with Crippen molar-refractivity contribution in [2.75, 3.05) is 38.1 Å². The monoisotopic (exact) mass is 672 g/mol. The summed E-state index contributed by atoms with van der Waals surface area (Å²) in [5, 5.41) is 13.4. The van der Waals surface area contributed by atoms with Gasteiger partial charge in [-0.3, -0.25) is 9.52 Å². The minimum atomic E-state index is -3.91. The number of aliphatic hydroxyl groups is 1. The Morgan fingerprint density at radius 2 is 1.74 bits per heavy atom. The van der Waals surface area contributed by atoms with E-state index in [1.54, 1.807) is 54.1 Å². The maximum Gasteiger partial charge on any atom is 0.317 e. The lowest BCUT2D eigenvalue weighted by atomic mass is 9.96. The third-order valence-corrected chi connectivity index (χ3v) is 10.5. The average molecular weight is 673 g/mol. The number of ether oxygens (including phenoxy) is 2. The number of nitrogens with one attached hydrogen (secondary N) is 2. The van der Waals surface area contributed by atoms with Gasteiger partial charge < -0.3 is 29.7 Å².